The maximum absolute atomic E-state index is 11.7. The van der Waals surface area contributed by atoms with E-state index in [0.29, 0.717) is 6.42 Å². The number of ketones is 1. The van der Waals surface area contributed by atoms with Crippen molar-refractivity contribution in [3.05, 3.63) is 41.0 Å². The lowest BCUT2D eigenvalue weighted by Crippen LogP contribution is -2.36. The van der Waals surface area contributed by atoms with Gasteiger partial charge in [0, 0.05) is 12.0 Å². The van der Waals surface area contributed by atoms with Crippen molar-refractivity contribution in [1.29, 1.82) is 0 Å². The van der Waals surface area contributed by atoms with E-state index < -0.39 is 5.60 Å². The Morgan fingerprint density at radius 2 is 2.06 bits per heavy atom. The summed E-state index contributed by atoms with van der Waals surface area (Å²) in [5.41, 5.74) is 2.54. The normalized spacial score (nSPS) is 23.6. The lowest BCUT2D eigenvalue weighted by atomic mass is 9.76. The fourth-order valence-corrected chi connectivity index (χ4v) is 2.38. The smallest absolute Gasteiger partial charge is 0.166 e. The van der Waals surface area contributed by atoms with Crippen LogP contribution >= 0.6 is 0 Å². The Hall–Kier alpha value is -1.41. The Bertz CT molecular complexity index is 486. The van der Waals surface area contributed by atoms with Gasteiger partial charge in [0.25, 0.3) is 0 Å². The second kappa shape index (κ2) is 3.56. The molecule has 1 aliphatic carbocycles. The zero-order chi connectivity index (χ0) is 11.9. The van der Waals surface area contributed by atoms with Crippen molar-refractivity contribution < 1.29 is 9.90 Å². The summed E-state index contributed by atoms with van der Waals surface area (Å²) in [4.78, 5) is 11.7. The topological polar surface area (TPSA) is 37.3 Å². The molecule has 1 N–H and O–H groups in total. The highest BCUT2D eigenvalue weighted by molar-refractivity contribution is 5.90. The third kappa shape index (κ3) is 1.41. The Kier molecular flexibility index (Phi) is 2.47. The van der Waals surface area contributed by atoms with Gasteiger partial charge in [0.2, 0.25) is 0 Å². The van der Waals surface area contributed by atoms with E-state index in [9.17, 15) is 9.90 Å². The largest absolute Gasteiger partial charge is 0.377 e. The number of fused-ring (bicyclic) bond motifs is 1. The predicted molar refractivity (Wildman–Crippen MR) is 64.0 cm³/mol. The second-order valence-corrected chi connectivity index (χ2v) is 4.51. The molecule has 1 aromatic rings. The molecule has 0 spiro atoms. The molecule has 1 atom stereocenters. The van der Waals surface area contributed by atoms with Crippen LogP contribution in [0.5, 0.6) is 0 Å². The van der Waals surface area contributed by atoms with E-state index in [2.05, 4.69) is 0 Å². The maximum atomic E-state index is 11.7. The van der Waals surface area contributed by atoms with E-state index in [0.717, 1.165) is 22.3 Å². The summed E-state index contributed by atoms with van der Waals surface area (Å²) < 4.78 is 0. The van der Waals surface area contributed by atoms with E-state index in [-0.39, 0.29) is 5.78 Å². The van der Waals surface area contributed by atoms with E-state index >= 15 is 0 Å². The number of rotatable bonds is 1. The number of hydrogen-bond acceptors (Lipinski definition) is 2. The van der Waals surface area contributed by atoms with Gasteiger partial charge in [-0.3, -0.25) is 4.79 Å². The van der Waals surface area contributed by atoms with Gasteiger partial charge in [0.15, 0.2) is 11.4 Å². The standard InChI is InChI=1S/C14H16O2/c1-9-7-8-14(16,11(3)15)13-10(2)5-4-6-12(9)13/h4-7,16H,8H2,1-3H3. The minimum absolute atomic E-state index is 0.188. The van der Waals surface area contributed by atoms with E-state index in [1.807, 2.05) is 38.1 Å². The third-order valence-corrected chi connectivity index (χ3v) is 3.40. The highest BCUT2D eigenvalue weighted by Gasteiger charge is 2.39. The molecule has 1 unspecified atom stereocenters. The molecule has 0 aliphatic heterocycles. The van der Waals surface area contributed by atoms with Gasteiger partial charge in [-0.25, -0.2) is 0 Å². The number of Topliss-reactive ketones (excluding diaryl/α,β-unsaturated/α-hetero) is 1. The molecule has 2 nitrogen and oxygen atoms in total. The molecule has 84 valence electrons. The van der Waals surface area contributed by atoms with Crippen molar-refractivity contribution in [1.82, 2.24) is 0 Å². The molecule has 2 rings (SSSR count). The summed E-state index contributed by atoms with van der Waals surface area (Å²) in [6.07, 6.45) is 2.31. The Balaban J connectivity index is 2.75. The quantitative estimate of drug-likeness (QED) is 0.783. The molecule has 0 radical (unpaired) electrons. The summed E-state index contributed by atoms with van der Waals surface area (Å²) in [7, 11) is 0. The number of aliphatic hydroxyl groups is 1. The summed E-state index contributed by atoms with van der Waals surface area (Å²) in [5.74, 6) is -0.188. The first-order chi connectivity index (χ1) is 7.47. The zero-order valence-corrected chi connectivity index (χ0v) is 9.87. The number of aryl methyl sites for hydroxylation is 1. The van der Waals surface area contributed by atoms with Crippen LogP contribution in [0.2, 0.25) is 0 Å². The molecule has 0 saturated heterocycles. The average Bonchev–Trinajstić information content (AvgIpc) is 2.23. The second-order valence-electron chi connectivity index (χ2n) is 4.51. The molecule has 0 aromatic heterocycles. The van der Waals surface area contributed by atoms with Crippen LogP contribution in [-0.4, -0.2) is 10.9 Å². The maximum Gasteiger partial charge on any atom is 0.166 e. The molecule has 0 fully saturated rings. The molecule has 1 aliphatic rings. The number of carbonyl (C=O) groups excluding carboxylic acids is 1. The van der Waals surface area contributed by atoms with Gasteiger partial charge in [-0.2, -0.15) is 0 Å². The van der Waals surface area contributed by atoms with E-state index in [1.165, 1.54) is 6.92 Å². The van der Waals surface area contributed by atoms with Gasteiger partial charge < -0.3 is 5.11 Å². The molecule has 0 saturated carbocycles. The van der Waals surface area contributed by atoms with Crippen LogP contribution in [0.3, 0.4) is 0 Å². The van der Waals surface area contributed by atoms with Crippen LogP contribution in [-0.2, 0) is 10.4 Å². The van der Waals surface area contributed by atoms with Crippen LogP contribution in [0.4, 0.5) is 0 Å². The first-order valence-corrected chi connectivity index (χ1v) is 5.47. The molecule has 0 bridgehead atoms. The zero-order valence-electron chi connectivity index (χ0n) is 9.87. The average molecular weight is 216 g/mol. The molecule has 0 heterocycles. The van der Waals surface area contributed by atoms with Gasteiger partial charge in [0.05, 0.1) is 0 Å². The lowest BCUT2D eigenvalue weighted by Gasteiger charge is -2.32. The van der Waals surface area contributed by atoms with E-state index in [4.69, 9.17) is 0 Å². The molecule has 0 amide bonds. The Morgan fingerprint density at radius 1 is 1.38 bits per heavy atom. The monoisotopic (exact) mass is 216 g/mol. The summed E-state index contributed by atoms with van der Waals surface area (Å²) in [6.45, 7) is 5.40. The van der Waals surface area contributed by atoms with Crippen LogP contribution in [0, 0.1) is 6.92 Å². The highest BCUT2D eigenvalue weighted by Crippen LogP contribution is 2.39. The number of allylic oxidation sites excluding steroid dienone is 1. The minimum Gasteiger partial charge on any atom is -0.377 e. The van der Waals surface area contributed by atoms with Gasteiger partial charge in [-0.05, 0) is 37.5 Å². The van der Waals surface area contributed by atoms with Gasteiger partial charge >= 0.3 is 0 Å². The van der Waals surface area contributed by atoms with Crippen molar-refractivity contribution in [3.8, 4) is 0 Å². The third-order valence-electron chi connectivity index (χ3n) is 3.40. The fraction of sp³-hybridized carbons (Fsp3) is 0.357. The van der Waals surface area contributed by atoms with Crippen LogP contribution < -0.4 is 0 Å². The highest BCUT2D eigenvalue weighted by atomic mass is 16.3. The molecule has 16 heavy (non-hydrogen) atoms. The number of carbonyl (C=O) groups is 1. The molecular weight excluding hydrogens is 200 g/mol. The van der Waals surface area contributed by atoms with E-state index in [1.54, 1.807) is 0 Å². The van der Waals surface area contributed by atoms with Gasteiger partial charge in [-0.1, -0.05) is 24.3 Å². The van der Waals surface area contributed by atoms with Crippen molar-refractivity contribution in [2.45, 2.75) is 32.8 Å². The first kappa shape index (κ1) is 11.1. The van der Waals surface area contributed by atoms with Crippen LogP contribution in [0.1, 0.15) is 37.0 Å². The fourth-order valence-electron chi connectivity index (χ4n) is 2.38. The Labute approximate surface area is 95.6 Å². The SMILES string of the molecule is CC(=O)C1(O)CC=C(C)c2cccc(C)c21. The first-order valence-electron chi connectivity index (χ1n) is 5.47. The van der Waals surface area contributed by atoms with Crippen molar-refractivity contribution in [2.24, 2.45) is 0 Å². The molecular formula is C14H16O2. The Morgan fingerprint density at radius 3 is 2.69 bits per heavy atom. The van der Waals surface area contributed by atoms with Crippen molar-refractivity contribution in [3.63, 3.8) is 0 Å². The van der Waals surface area contributed by atoms with Crippen molar-refractivity contribution >= 4 is 11.4 Å². The predicted octanol–water partition coefficient (Wildman–Crippen LogP) is 2.58. The van der Waals surface area contributed by atoms with Gasteiger partial charge in [-0.15, -0.1) is 0 Å². The number of benzene rings is 1. The number of hydrogen-bond donors (Lipinski definition) is 1. The van der Waals surface area contributed by atoms with Crippen LogP contribution in [0.15, 0.2) is 24.3 Å². The summed E-state index contributed by atoms with van der Waals surface area (Å²) in [5, 5.41) is 10.5. The van der Waals surface area contributed by atoms with Crippen molar-refractivity contribution in [2.75, 3.05) is 0 Å². The minimum atomic E-state index is -1.33. The van der Waals surface area contributed by atoms with Crippen LogP contribution in [0.25, 0.3) is 5.57 Å². The molecule has 1 aromatic carbocycles. The lowest BCUT2D eigenvalue weighted by molar-refractivity contribution is -0.135. The molecule has 2 heteroatoms. The summed E-state index contributed by atoms with van der Waals surface area (Å²) >= 11 is 0. The van der Waals surface area contributed by atoms with Gasteiger partial charge in [0.1, 0.15) is 0 Å². The summed E-state index contributed by atoms with van der Waals surface area (Å²) in [6, 6.07) is 5.85.